The summed E-state index contributed by atoms with van der Waals surface area (Å²) in [6, 6.07) is 6.41. The number of fused-ring (bicyclic) bond motifs is 1. The van der Waals surface area contributed by atoms with E-state index in [1.165, 1.54) is 11.1 Å². The molecule has 4 nitrogen and oxygen atoms in total. The van der Waals surface area contributed by atoms with E-state index in [2.05, 4.69) is 27.8 Å². The first-order valence-corrected chi connectivity index (χ1v) is 5.88. The molecule has 1 fully saturated rings. The van der Waals surface area contributed by atoms with E-state index < -0.39 is 0 Å². The van der Waals surface area contributed by atoms with Crippen LogP contribution in [0.4, 0.5) is 0 Å². The highest BCUT2D eigenvalue weighted by molar-refractivity contribution is 5.77. The van der Waals surface area contributed by atoms with Crippen molar-refractivity contribution in [3.05, 3.63) is 29.6 Å². The van der Waals surface area contributed by atoms with Gasteiger partial charge in [0.1, 0.15) is 5.82 Å². The molecule has 0 aliphatic carbocycles. The monoisotopic (exact) mass is 231 g/mol. The Bertz CT molecular complexity index is 564. The molecule has 90 valence electrons. The molecule has 0 amide bonds. The maximum absolute atomic E-state index is 5.89. The predicted molar refractivity (Wildman–Crippen MR) is 67.0 cm³/mol. The zero-order chi connectivity index (χ0) is 12.0. The van der Waals surface area contributed by atoms with E-state index in [1.807, 2.05) is 14.0 Å². The van der Waals surface area contributed by atoms with Gasteiger partial charge < -0.3 is 15.0 Å². The number of ether oxygens (including phenoxy) is 1. The number of hydrogen-bond donors (Lipinski definition) is 1. The van der Waals surface area contributed by atoms with Crippen LogP contribution in [0.2, 0.25) is 0 Å². The molecule has 0 spiro atoms. The lowest BCUT2D eigenvalue weighted by Gasteiger charge is -2.41. The summed E-state index contributed by atoms with van der Waals surface area (Å²) in [5.74, 6) is 1.03. The Hall–Kier alpha value is -1.39. The second-order valence-electron chi connectivity index (χ2n) is 4.90. The van der Waals surface area contributed by atoms with Gasteiger partial charge in [0.2, 0.25) is 0 Å². The molecule has 0 atom stereocenters. The van der Waals surface area contributed by atoms with Crippen LogP contribution >= 0.6 is 0 Å². The minimum absolute atomic E-state index is 0.0202. The van der Waals surface area contributed by atoms with Crippen molar-refractivity contribution in [3.63, 3.8) is 0 Å². The molecular formula is C13H17N3O. The summed E-state index contributed by atoms with van der Waals surface area (Å²) < 4.78 is 7.44. The third-order valence-corrected chi connectivity index (χ3v) is 3.86. The van der Waals surface area contributed by atoms with Crippen LogP contribution in [-0.2, 0) is 17.2 Å². The average molecular weight is 231 g/mol. The number of benzene rings is 1. The van der Waals surface area contributed by atoms with Crippen molar-refractivity contribution < 1.29 is 4.74 Å². The molecule has 17 heavy (non-hydrogen) atoms. The summed E-state index contributed by atoms with van der Waals surface area (Å²) in [5, 5.41) is 0. The number of nitrogens with zero attached hydrogens (tertiary/aromatic N) is 2. The van der Waals surface area contributed by atoms with E-state index in [4.69, 9.17) is 10.5 Å². The third-order valence-electron chi connectivity index (χ3n) is 3.86. The fourth-order valence-electron chi connectivity index (χ4n) is 2.39. The summed E-state index contributed by atoms with van der Waals surface area (Å²) in [4.78, 5) is 4.51. The average Bonchev–Trinajstić information content (AvgIpc) is 2.55. The molecule has 0 unspecified atom stereocenters. The minimum atomic E-state index is 0.0202. The van der Waals surface area contributed by atoms with Gasteiger partial charge in [0, 0.05) is 13.6 Å². The molecule has 0 saturated carbocycles. The molecule has 0 bridgehead atoms. The summed E-state index contributed by atoms with van der Waals surface area (Å²) >= 11 is 0. The molecule has 2 aromatic rings. The Labute approximate surface area is 100 Å². The van der Waals surface area contributed by atoms with Crippen LogP contribution in [-0.4, -0.2) is 29.3 Å². The smallest absolute Gasteiger partial charge is 0.106 e. The number of nitrogens with two attached hydrogens (primary N) is 1. The van der Waals surface area contributed by atoms with Crippen molar-refractivity contribution in [2.75, 3.05) is 19.8 Å². The molecule has 1 aliphatic rings. The van der Waals surface area contributed by atoms with E-state index in [0.29, 0.717) is 6.54 Å². The highest BCUT2D eigenvalue weighted by Crippen LogP contribution is 2.33. The van der Waals surface area contributed by atoms with Gasteiger partial charge in [0.05, 0.1) is 29.7 Å². The maximum atomic E-state index is 5.89. The summed E-state index contributed by atoms with van der Waals surface area (Å²) in [7, 11) is 2.04. The van der Waals surface area contributed by atoms with Crippen LogP contribution in [0.1, 0.15) is 11.4 Å². The van der Waals surface area contributed by atoms with E-state index in [-0.39, 0.29) is 5.41 Å². The molecule has 2 heterocycles. The summed E-state index contributed by atoms with van der Waals surface area (Å²) in [6.07, 6.45) is 0. The van der Waals surface area contributed by atoms with Gasteiger partial charge >= 0.3 is 0 Å². The highest BCUT2D eigenvalue weighted by Gasteiger charge is 2.39. The molecule has 1 aromatic carbocycles. The maximum Gasteiger partial charge on any atom is 0.106 e. The van der Waals surface area contributed by atoms with E-state index in [0.717, 1.165) is 24.6 Å². The molecule has 4 heteroatoms. The number of hydrogen-bond acceptors (Lipinski definition) is 3. The van der Waals surface area contributed by atoms with Gasteiger partial charge in [-0.05, 0) is 24.6 Å². The number of imidazole rings is 1. The third kappa shape index (κ3) is 1.41. The first-order valence-electron chi connectivity index (χ1n) is 5.88. The normalized spacial score (nSPS) is 18.3. The van der Waals surface area contributed by atoms with Crippen molar-refractivity contribution >= 4 is 11.0 Å². The first kappa shape index (κ1) is 10.7. The van der Waals surface area contributed by atoms with Crippen LogP contribution in [0, 0.1) is 6.92 Å². The van der Waals surface area contributed by atoms with E-state index >= 15 is 0 Å². The van der Waals surface area contributed by atoms with E-state index in [1.54, 1.807) is 0 Å². The minimum Gasteiger partial charge on any atom is -0.379 e. The lowest BCUT2D eigenvalue weighted by atomic mass is 9.78. The van der Waals surface area contributed by atoms with Crippen LogP contribution in [0.15, 0.2) is 18.2 Å². The standard InChI is InChI=1S/C13H17N3O/c1-9-15-11-4-3-10(5-12(11)16(9)2)13(6-14)7-17-8-13/h3-5H,6-8,14H2,1-2H3. The zero-order valence-electron chi connectivity index (χ0n) is 10.2. The fourth-order valence-corrected chi connectivity index (χ4v) is 2.39. The van der Waals surface area contributed by atoms with Crippen LogP contribution in [0.5, 0.6) is 0 Å². The molecule has 1 saturated heterocycles. The SMILES string of the molecule is Cc1nc2ccc(C3(CN)COC3)cc2n1C. The first-order chi connectivity index (χ1) is 8.16. The Kier molecular flexibility index (Phi) is 2.24. The Morgan fingerprint density at radius 3 is 2.82 bits per heavy atom. The lowest BCUT2D eigenvalue weighted by molar-refractivity contribution is -0.0549. The van der Waals surface area contributed by atoms with Crippen LogP contribution in [0.25, 0.3) is 11.0 Å². The number of rotatable bonds is 2. The molecule has 2 N–H and O–H groups in total. The Morgan fingerprint density at radius 2 is 2.24 bits per heavy atom. The largest absolute Gasteiger partial charge is 0.379 e. The molecule has 1 aromatic heterocycles. The van der Waals surface area contributed by atoms with Crippen molar-refractivity contribution in [2.24, 2.45) is 12.8 Å². The predicted octanol–water partition coefficient (Wildman–Crippen LogP) is 1.11. The highest BCUT2D eigenvalue weighted by atomic mass is 16.5. The number of aromatic nitrogens is 2. The fraction of sp³-hybridized carbons (Fsp3) is 0.462. The van der Waals surface area contributed by atoms with Gasteiger partial charge in [-0.3, -0.25) is 0 Å². The Balaban J connectivity index is 2.15. The molecule has 1 aliphatic heterocycles. The topological polar surface area (TPSA) is 53.1 Å². The van der Waals surface area contributed by atoms with Crippen molar-refractivity contribution in [1.82, 2.24) is 9.55 Å². The quantitative estimate of drug-likeness (QED) is 0.842. The van der Waals surface area contributed by atoms with Gasteiger partial charge in [0.25, 0.3) is 0 Å². The zero-order valence-corrected chi connectivity index (χ0v) is 10.2. The number of aryl methyl sites for hydroxylation is 2. The van der Waals surface area contributed by atoms with E-state index in [9.17, 15) is 0 Å². The molecule has 0 radical (unpaired) electrons. The second-order valence-corrected chi connectivity index (χ2v) is 4.90. The van der Waals surface area contributed by atoms with Gasteiger partial charge in [-0.25, -0.2) is 4.98 Å². The van der Waals surface area contributed by atoms with Crippen molar-refractivity contribution in [2.45, 2.75) is 12.3 Å². The summed E-state index contributed by atoms with van der Waals surface area (Å²) in [5.41, 5.74) is 9.38. The Morgan fingerprint density at radius 1 is 1.47 bits per heavy atom. The van der Waals surface area contributed by atoms with Gasteiger partial charge in [-0.15, -0.1) is 0 Å². The van der Waals surface area contributed by atoms with Crippen LogP contribution in [0.3, 0.4) is 0 Å². The van der Waals surface area contributed by atoms with Gasteiger partial charge in [0.15, 0.2) is 0 Å². The van der Waals surface area contributed by atoms with Crippen molar-refractivity contribution in [3.8, 4) is 0 Å². The van der Waals surface area contributed by atoms with Gasteiger partial charge in [-0.1, -0.05) is 6.07 Å². The van der Waals surface area contributed by atoms with Crippen LogP contribution < -0.4 is 5.73 Å². The molecule has 3 rings (SSSR count). The second kappa shape index (κ2) is 3.55. The summed E-state index contributed by atoms with van der Waals surface area (Å²) in [6.45, 7) is 4.11. The molecular weight excluding hydrogens is 214 g/mol. The van der Waals surface area contributed by atoms with Gasteiger partial charge in [-0.2, -0.15) is 0 Å². The lowest BCUT2D eigenvalue weighted by Crippen LogP contribution is -2.52. The van der Waals surface area contributed by atoms with Crippen molar-refractivity contribution in [1.29, 1.82) is 0 Å².